The molecule has 0 bridgehead atoms. The van der Waals surface area contributed by atoms with Crippen LogP contribution in [0.5, 0.6) is 5.75 Å². The van der Waals surface area contributed by atoms with E-state index in [1.165, 1.54) is 13.2 Å². The average Bonchev–Trinajstić information content (AvgIpc) is 2.61. The molecule has 0 aliphatic carbocycles. The average molecular weight is 363 g/mol. The highest BCUT2D eigenvalue weighted by Gasteiger charge is 2.21. The van der Waals surface area contributed by atoms with E-state index in [1.807, 2.05) is 0 Å². The van der Waals surface area contributed by atoms with Crippen LogP contribution < -0.4 is 10.1 Å². The quantitative estimate of drug-likeness (QED) is 0.756. The number of benzene rings is 2. The molecule has 26 heavy (non-hydrogen) atoms. The number of ether oxygens (including phenoxy) is 1. The number of rotatable bonds is 8. The summed E-state index contributed by atoms with van der Waals surface area (Å²) in [5, 5.41) is 11.9. The molecule has 2 aromatic rings. The van der Waals surface area contributed by atoms with E-state index in [9.17, 15) is 23.5 Å². The third-order valence-electron chi connectivity index (χ3n) is 3.90. The lowest BCUT2D eigenvalue weighted by molar-refractivity contribution is -0.141. The fourth-order valence-corrected chi connectivity index (χ4v) is 2.52. The van der Waals surface area contributed by atoms with Gasteiger partial charge in [0.1, 0.15) is 5.75 Å². The fourth-order valence-electron chi connectivity index (χ4n) is 2.52. The minimum Gasteiger partial charge on any atom is -0.496 e. The zero-order valence-corrected chi connectivity index (χ0v) is 14.2. The lowest BCUT2D eigenvalue weighted by Crippen LogP contribution is -2.35. The first kappa shape index (κ1) is 19.4. The van der Waals surface area contributed by atoms with Crippen molar-refractivity contribution in [2.45, 2.75) is 12.8 Å². The minimum absolute atomic E-state index is 0.0874. The Bertz CT molecular complexity index is 795. The second-order valence-corrected chi connectivity index (χ2v) is 5.78. The Hall–Kier alpha value is -2.96. The molecule has 138 valence electrons. The van der Waals surface area contributed by atoms with Gasteiger partial charge < -0.3 is 15.2 Å². The number of carbonyl (C=O) groups excluding carboxylic acids is 1. The minimum atomic E-state index is -1.05. The van der Waals surface area contributed by atoms with E-state index in [2.05, 4.69) is 5.32 Å². The van der Waals surface area contributed by atoms with Crippen molar-refractivity contribution in [3.63, 3.8) is 0 Å². The smallest absolute Gasteiger partial charge is 0.308 e. The molecule has 0 heterocycles. The van der Waals surface area contributed by atoms with E-state index in [-0.39, 0.29) is 19.4 Å². The van der Waals surface area contributed by atoms with Gasteiger partial charge in [0.15, 0.2) is 11.6 Å². The molecule has 0 aliphatic rings. The first-order chi connectivity index (χ1) is 12.4. The second-order valence-electron chi connectivity index (χ2n) is 5.78. The molecule has 0 radical (unpaired) electrons. The summed E-state index contributed by atoms with van der Waals surface area (Å²) < 4.78 is 31.3. The number of carboxylic acid groups (broad SMARTS) is 1. The van der Waals surface area contributed by atoms with Gasteiger partial charge >= 0.3 is 5.97 Å². The summed E-state index contributed by atoms with van der Waals surface area (Å²) in [6, 6.07) is 10.2. The van der Waals surface area contributed by atoms with Crippen LogP contribution in [-0.2, 0) is 22.4 Å². The molecular weight excluding hydrogens is 344 g/mol. The van der Waals surface area contributed by atoms with E-state index < -0.39 is 29.4 Å². The van der Waals surface area contributed by atoms with Crippen molar-refractivity contribution in [2.24, 2.45) is 5.92 Å². The summed E-state index contributed by atoms with van der Waals surface area (Å²) in [7, 11) is 1.50. The van der Waals surface area contributed by atoms with E-state index in [4.69, 9.17) is 4.74 Å². The van der Waals surface area contributed by atoms with Crippen molar-refractivity contribution in [1.29, 1.82) is 0 Å². The first-order valence-electron chi connectivity index (χ1n) is 7.96. The summed E-state index contributed by atoms with van der Waals surface area (Å²) in [5.41, 5.74) is 1.02. The highest BCUT2D eigenvalue weighted by molar-refractivity contribution is 5.79. The SMILES string of the molecule is COc1ccccc1CC(CNC(=O)Cc1ccc(F)c(F)c1)C(=O)O. The van der Waals surface area contributed by atoms with E-state index in [0.29, 0.717) is 11.3 Å². The lowest BCUT2D eigenvalue weighted by Gasteiger charge is -2.15. The van der Waals surface area contributed by atoms with Crippen LogP contribution in [0.2, 0.25) is 0 Å². The number of aliphatic carboxylic acids is 1. The van der Waals surface area contributed by atoms with Crippen molar-refractivity contribution in [3.05, 3.63) is 65.2 Å². The van der Waals surface area contributed by atoms with Gasteiger partial charge in [-0.15, -0.1) is 0 Å². The van der Waals surface area contributed by atoms with Crippen LogP contribution in [0.3, 0.4) is 0 Å². The standard InChI is InChI=1S/C19H19F2NO4/c1-26-17-5-3-2-4-13(17)10-14(19(24)25)11-22-18(23)9-12-6-7-15(20)16(21)8-12/h2-8,14H,9-11H2,1H3,(H,22,23)(H,24,25). The highest BCUT2D eigenvalue weighted by Crippen LogP contribution is 2.21. The molecule has 5 nitrogen and oxygen atoms in total. The lowest BCUT2D eigenvalue weighted by atomic mass is 9.98. The molecule has 0 aliphatic heterocycles. The number of methoxy groups -OCH3 is 1. The van der Waals surface area contributed by atoms with Crippen molar-refractivity contribution < 1.29 is 28.2 Å². The Kier molecular flexibility index (Phi) is 6.66. The third-order valence-corrected chi connectivity index (χ3v) is 3.90. The van der Waals surface area contributed by atoms with E-state index >= 15 is 0 Å². The fraction of sp³-hybridized carbons (Fsp3) is 0.263. The number of para-hydroxylation sites is 1. The van der Waals surface area contributed by atoms with Crippen LogP contribution in [0.25, 0.3) is 0 Å². The van der Waals surface area contributed by atoms with Gasteiger partial charge in [-0.1, -0.05) is 24.3 Å². The Morgan fingerprint density at radius 1 is 1.15 bits per heavy atom. The molecule has 0 aromatic heterocycles. The molecule has 0 saturated carbocycles. The summed E-state index contributed by atoms with van der Waals surface area (Å²) in [4.78, 5) is 23.4. The maximum Gasteiger partial charge on any atom is 0.308 e. The zero-order chi connectivity index (χ0) is 19.1. The van der Waals surface area contributed by atoms with E-state index in [0.717, 1.165) is 17.7 Å². The molecule has 2 N–H and O–H groups in total. The van der Waals surface area contributed by atoms with Gasteiger partial charge in [0.05, 0.1) is 19.4 Å². The van der Waals surface area contributed by atoms with Gasteiger partial charge in [0.25, 0.3) is 0 Å². The van der Waals surface area contributed by atoms with Crippen LogP contribution in [0.15, 0.2) is 42.5 Å². The van der Waals surface area contributed by atoms with Gasteiger partial charge in [0, 0.05) is 6.54 Å². The van der Waals surface area contributed by atoms with Gasteiger partial charge in [-0.2, -0.15) is 0 Å². The van der Waals surface area contributed by atoms with Crippen molar-refractivity contribution in [3.8, 4) is 5.75 Å². The van der Waals surface area contributed by atoms with Crippen LogP contribution in [0, 0.1) is 17.6 Å². The molecule has 1 atom stereocenters. The molecule has 0 fully saturated rings. The molecule has 2 aromatic carbocycles. The van der Waals surface area contributed by atoms with Crippen molar-refractivity contribution >= 4 is 11.9 Å². The molecule has 1 amide bonds. The largest absolute Gasteiger partial charge is 0.496 e. The summed E-state index contributed by atoms with van der Waals surface area (Å²) in [6.07, 6.45) is 0.0169. The number of halogens is 2. The Balaban J connectivity index is 1.96. The Labute approximate surface area is 149 Å². The molecule has 7 heteroatoms. The molecule has 2 rings (SSSR count). The van der Waals surface area contributed by atoms with Crippen LogP contribution in [0.1, 0.15) is 11.1 Å². The molecule has 0 saturated heterocycles. The number of hydrogen-bond acceptors (Lipinski definition) is 3. The number of carboxylic acids is 1. The number of nitrogens with one attached hydrogen (secondary N) is 1. The van der Waals surface area contributed by atoms with E-state index in [1.54, 1.807) is 24.3 Å². The number of carbonyl (C=O) groups is 2. The Morgan fingerprint density at radius 2 is 1.88 bits per heavy atom. The maximum atomic E-state index is 13.2. The number of hydrogen-bond donors (Lipinski definition) is 2. The second kappa shape index (κ2) is 8.94. The first-order valence-corrected chi connectivity index (χ1v) is 7.96. The van der Waals surface area contributed by atoms with Crippen LogP contribution in [0.4, 0.5) is 8.78 Å². The normalized spacial score (nSPS) is 11.7. The van der Waals surface area contributed by atoms with Crippen LogP contribution >= 0.6 is 0 Å². The summed E-state index contributed by atoms with van der Waals surface area (Å²) >= 11 is 0. The third kappa shape index (κ3) is 5.27. The van der Waals surface area contributed by atoms with Crippen molar-refractivity contribution in [2.75, 3.05) is 13.7 Å². The zero-order valence-electron chi connectivity index (χ0n) is 14.2. The highest BCUT2D eigenvalue weighted by atomic mass is 19.2. The van der Waals surface area contributed by atoms with Gasteiger partial charge in [-0.05, 0) is 35.7 Å². The number of amides is 1. The van der Waals surface area contributed by atoms with Crippen molar-refractivity contribution in [1.82, 2.24) is 5.32 Å². The Morgan fingerprint density at radius 3 is 2.54 bits per heavy atom. The predicted octanol–water partition coefficient (Wildman–Crippen LogP) is 2.58. The van der Waals surface area contributed by atoms with Gasteiger partial charge in [-0.3, -0.25) is 9.59 Å². The van der Waals surface area contributed by atoms with Gasteiger partial charge in [-0.25, -0.2) is 8.78 Å². The molecular formula is C19H19F2NO4. The van der Waals surface area contributed by atoms with Gasteiger partial charge in [0.2, 0.25) is 5.91 Å². The molecule has 0 spiro atoms. The molecule has 1 unspecified atom stereocenters. The topological polar surface area (TPSA) is 75.6 Å². The monoisotopic (exact) mass is 363 g/mol. The summed E-state index contributed by atoms with van der Waals surface area (Å²) in [6.45, 7) is -0.0874. The maximum absolute atomic E-state index is 13.2. The van der Waals surface area contributed by atoms with Crippen LogP contribution in [-0.4, -0.2) is 30.6 Å². The predicted molar refractivity (Wildman–Crippen MR) is 90.9 cm³/mol. The summed E-state index contributed by atoms with van der Waals surface area (Å²) in [5.74, 6) is -3.81.